The lowest BCUT2D eigenvalue weighted by molar-refractivity contribution is -0.384. The van der Waals surface area contributed by atoms with Gasteiger partial charge in [0.2, 0.25) is 0 Å². The molecule has 0 fully saturated rings. The van der Waals surface area contributed by atoms with E-state index in [2.05, 4.69) is 4.74 Å². The van der Waals surface area contributed by atoms with Gasteiger partial charge in [-0.25, -0.2) is 0 Å². The van der Waals surface area contributed by atoms with Crippen molar-refractivity contribution in [1.82, 2.24) is 0 Å². The standard InChI is InChI=1S/C14H19NO5/c1-19-14(16)6-4-2-3-5-11-20-13-9-7-12(8-10-13)15(17)18/h7-10H,2-6,11H2,1H3. The molecule has 6 heteroatoms. The first kappa shape index (κ1) is 15.9. The van der Waals surface area contributed by atoms with Crippen LogP contribution in [0.3, 0.4) is 0 Å². The van der Waals surface area contributed by atoms with Crippen molar-refractivity contribution in [2.45, 2.75) is 32.1 Å². The van der Waals surface area contributed by atoms with Crippen LogP contribution in [0.5, 0.6) is 5.75 Å². The molecule has 0 spiro atoms. The second kappa shape index (κ2) is 8.90. The molecule has 0 radical (unpaired) electrons. The Bertz CT molecular complexity index is 430. The van der Waals surface area contributed by atoms with Crippen molar-refractivity contribution >= 4 is 11.7 Å². The van der Waals surface area contributed by atoms with Crippen LogP contribution in [-0.2, 0) is 9.53 Å². The topological polar surface area (TPSA) is 78.7 Å². The summed E-state index contributed by atoms with van der Waals surface area (Å²) in [6, 6.07) is 6.03. The van der Waals surface area contributed by atoms with Gasteiger partial charge in [-0.2, -0.15) is 0 Å². The lowest BCUT2D eigenvalue weighted by atomic mass is 10.1. The number of benzene rings is 1. The van der Waals surface area contributed by atoms with Gasteiger partial charge in [-0.3, -0.25) is 14.9 Å². The van der Waals surface area contributed by atoms with Crippen LogP contribution in [0.25, 0.3) is 0 Å². The minimum atomic E-state index is -0.439. The molecule has 0 bridgehead atoms. The number of nitro groups is 1. The lowest BCUT2D eigenvalue weighted by Gasteiger charge is -2.05. The third kappa shape index (κ3) is 6.17. The summed E-state index contributed by atoms with van der Waals surface area (Å²) < 4.78 is 10.0. The average Bonchev–Trinajstić information content (AvgIpc) is 2.46. The van der Waals surface area contributed by atoms with Crippen LogP contribution >= 0.6 is 0 Å². The Morgan fingerprint density at radius 1 is 1.15 bits per heavy atom. The van der Waals surface area contributed by atoms with Gasteiger partial charge in [0.15, 0.2) is 0 Å². The molecule has 0 aromatic heterocycles. The van der Waals surface area contributed by atoms with Crippen LogP contribution in [0.2, 0.25) is 0 Å². The molecule has 6 nitrogen and oxygen atoms in total. The molecule has 0 saturated carbocycles. The maximum atomic E-state index is 10.9. The van der Waals surface area contributed by atoms with E-state index in [1.807, 2.05) is 0 Å². The van der Waals surface area contributed by atoms with E-state index in [1.165, 1.54) is 19.2 Å². The SMILES string of the molecule is COC(=O)CCCCCCOc1ccc([N+](=O)[O-])cc1. The van der Waals surface area contributed by atoms with Crippen molar-refractivity contribution < 1.29 is 19.2 Å². The minimum absolute atomic E-state index is 0.0557. The number of non-ortho nitro benzene ring substituents is 1. The number of hydrogen-bond acceptors (Lipinski definition) is 5. The Labute approximate surface area is 117 Å². The van der Waals surface area contributed by atoms with Crippen LogP contribution in [0, 0.1) is 10.1 Å². The predicted molar refractivity (Wildman–Crippen MR) is 73.7 cm³/mol. The van der Waals surface area contributed by atoms with Crippen LogP contribution in [0.4, 0.5) is 5.69 Å². The molecular weight excluding hydrogens is 262 g/mol. The fraction of sp³-hybridized carbons (Fsp3) is 0.500. The molecule has 0 amide bonds. The van der Waals surface area contributed by atoms with Gasteiger partial charge in [-0.15, -0.1) is 0 Å². The van der Waals surface area contributed by atoms with Gasteiger partial charge in [-0.05, 0) is 25.0 Å². The molecule has 110 valence electrons. The van der Waals surface area contributed by atoms with Crippen molar-refractivity contribution in [2.75, 3.05) is 13.7 Å². The van der Waals surface area contributed by atoms with Gasteiger partial charge in [0.25, 0.3) is 5.69 Å². The fourth-order valence-corrected chi connectivity index (χ4v) is 1.68. The zero-order chi connectivity index (χ0) is 14.8. The molecule has 0 aliphatic rings. The maximum absolute atomic E-state index is 10.9. The van der Waals surface area contributed by atoms with E-state index in [-0.39, 0.29) is 11.7 Å². The van der Waals surface area contributed by atoms with Crippen LogP contribution in [-0.4, -0.2) is 24.6 Å². The summed E-state index contributed by atoms with van der Waals surface area (Å²) in [6.45, 7) is 0.566. The summed E-state index contributed by atoms with van der Waals surface area (Å²) in [6.07, 6.45) is 4.10. The minimum Gasteiger partial charge on any atom is -0.494 e. The quantitative estimate of drug-likeness (QED) is 0.301. The Balaban J connectivity index is 2.09. The summed E-state index contributed by atoms with van der Waals surface area (Å²) in [7, 11) is 1.39. The maximum Gasteiger partial charge on any atom is 0.305 e. The molecule has 0 heterocycles. The van der Waals surface area contributed by atoms with E-state index in [0.717, 1.165) is 25.7 Å². The molecule has 1 aromatic rings. The van der Waals surface area contributed by atoms with Crippen molar-refractivity contribution in [1.29, 1.82) is 0 Å². The number of nitro benzene ring substituents is 1. The van der Waals surface area contributed by atoms with E-state index in [9.17, 15) is 14.9 Å². The highest BCUT2D eigenvalue weighted by molar-refractivity contribution is 5.68. The number of unbranched alkanes of at least 4 members (excludes halogenated alkanes) is 3. The molecule has 0 atom stereocenters. The first-order chi connectivity index (χ1) is 9.63. The van der Waals surface area contributed by atoms with Gasteiger partial charge in [-0.1, -0.05) is 12.8 Å². The van der Waals surface area contributed by atoms with Crippen LogP contribution in [0.1, 0.15) is 32.1 Å². The largest absolute Gasteiger partial charge is 0.494 e. The van der Waals surface area contributed by atoms with Gasteiger partial charge >= 0.3 is 5.97 Å². The van der Waals surface area contributed by atoms with Gasteiger partial charge < -0.3 is 9.47 Å². The van der Waals surface area contributed by atoms with Gasteiger partial charge in [0.05, 0.1) is 18.6 Å². The monoisotopic (exact) mass is 281 g/mol. The van der Waals surface area contributed by atoms with Gasteiger partial charge in [0, 0.05) is 18.6 Å². The Hall–Kier alpha value is -2.11. The third-order valence-electron chi connectivity index (χ3n) is 2.82. The van der Waals surface area contributed by atoms with E-state index >= 15 is 0 Å². The second-order valence-electron chi connectivity index (χ2n) is 4.34. The molecule has 0 saturated heterocycles. The summed E-state index contributed by atoms with van der Waals surface area (Å²) in [5.74, 6) is 0.456. The van der Waals surface area contributed by atoms with Crippen molar-refractivity contribution in [3.8, 4) is 5.75 Å². The summed E-state index contributed by atoms with van der Waals surface area (Å²) in [5, 5.41) is 10.5. The fourth-order valence-electron chi connectivity index (χ4n) is 1.68. The number of hydrogen-bond donors (Lipinski definition) is 0. The highest BCUT2D eigenvalue weighted by Crippen LogP contribution is 2.17. The Morgan fingerprint density at radius 3 is 2.40 bits per heavy atom. The van der Waals surface area contributed by atoms with Crippen molar-refractivity contribution in [3.05, 3.63) is 34.4 Å². The molecular formula is C14H19NO5. The van der Waals surface area contributed by atoms with E-state index < -0.39 is 4.92 Å². The second-order valence-corrected chi connectivity index (χ2v) is 4.34. The molecule has 20 heavy (non-hydrogen) atoms. The summed E-state index contributed by atoms with van der Waals surface area (Å²) >= 11 is 0. The number of rotatable bonds is 9. The molecule has 0 aliphatic heterocycles. The van der Waals surface area contributed by atoms with Crippen LogP contribution < -0.4 is 4.74 Å². The summed E-state index contributed by atoms with van der Waals surface area (Å²) in [4.78, 5) is 20.9. The normalized spacial score (nSPS) is 10.1. The number of methoxy groups -OCH3 is 1. The third-order valence-corrected chi connectivity index (χ3v) is 2.82. The number of nitrogens with zero attached hydrogens (tertiary/aromatic N) is 1. The predicted octanol–water partition coefficient (Wildman–Crippen LogP) is 3.10. The lowest BCUT2D eigenvalue weighted by Crippen LogP contribution is -2.00. The Kier molecular flexibility index (Phi) is 7.10. The molecule has 1 rings (SSSR count). The molecule has 0 N–H and O–H groups in total. The average molecular weight is 281 g/mol. The number of ether oxygens (including phenoxy) is 2. The zero-order valence-electron chi connectivity index (χ0n) is 11.5. The number of esters is 1. The smallest absolute Gasteiger partial charge is 0.305 e. The van der Waals surface area contributed by atoms with Gasteiger partial charge in [0.1, 0.15) is 5.75 Å². The highest BCUT2D eigenvalue weighted by atomic mass is 16.6. The van der Waals surface area contributed by atoms with E-state index in [4.69, 9.17) is 4.74 Å². The van der Waals surface area contributed by atoms with Crippen molar-refractivity contribution in [2.24, 2.45) is 0 Å². The zero-order valence-corrected chi connectivity index (χ0v) is 11.5. The Morgan fingerprint density at radius 2 is 1.80 bits per heavy atom. The molecule has 0 unspecified atom stereocenters. The number of carbonyl (C=O) groups excluding carboxylic acids is 1. The summed E-state index contributed by atoms with van der Waals surface area (Å²) in [5.41, 5.74) is 0.0557. The number of carbonyl (C=O) groups is 1. The molecule has 0 aliphatic carbocycles. The highest BCUT2D eigenvalue weighted by Gasteiger charge is 2.04. The molecule has 1 aromatic carbocycles. The van der Waals surface area contributed by atoms with Crippen LogP contribution in [0.15, 0.2) is 24.3 Å². The first-order valence-corrected chi connectivity index (χ1v) is 6.57. The van der Waals surface area contributed by atoms with E-state index in [0.29, 0.717) is 18.8 Å². The first-order valence-electron chi connectivity index (χ1n) is 6.57. The van der Waals surface area contributed by atoms with E-state index in [1.54, 1.807) is 12.1 Å². The van der Waals surface area contributed by atoms with Crippen molar-refractivity contribution in [3.63, 3.8) is 0 Å².